The maximum absolute atomic E-state index is 13.8. The van der Waals surface area contributed by atoms with E-state index in [0.29, 0.717) is 34.6 Å². The number of ether oxygens (including phenoxy) is 2. The summed E-state index contributed by atoms with van der Waals surface area (Å²) in [6.45, 7) is 4.95. The van der Waals surface area contributed by atoms with Crippen LogP contribution in [0.4, 0.5) is 0 Å². The number of hydrogen-bond acceptors (Lipinski definition) is 4. The van der Waals surface area contributed by atoms with Crippen molar-refractivity contribution in [3.63, 3.8) is 0 Å². The third kappa shape index (κ3) is 7.30. The molecule has 1 N–H and O–H groups in total. The fourth-order valence-electron chi connectivity index (χ4n) is 4.55. The van der Waals surface area contributed by atoms with Gasteiger partial charge in [0.1, 0.15) is 11.9 Å². The molecule has 0 radical (unpaired) electrons. The lowest BCUT2D eigenvalue weighted by Gasteiger charge is -2.34. The normalized spacial score (nSPS) is 18.2. The first-order chi connectivity index (χ1) is 17.4. The zero-order chi connectivity index (χ0) is 26.1. The van der Waals surface area contributed by atoms with Gasteiger partial charge in [-0.25, -0.2) is 0 Å². The van der Waals surface area contributed by atoms with Crippen LogP contribution in [0.5, 0.6) is 11.5 Å². The van der Waals surface area contributed by atoms with Crippen LogP contribution in [0.3, 0.4) is 0 Å². The average Bonchev–Trinajstić information content (AvgIpc) is 2.89. The van der Waals surface area contributed by atoms with Crippen molar-refractivity contribution < 1.29 is 19.1 Å². The summed E-state index contributed by atoms with van der Waals surface area (Å²) >= 11 is 12.5. The fourth-order valence-corrected chi connectivity index (χ4v) is 4.90. The minimum atomic E-state index is -0.916. The standard InChI is InChI=1S/C28H36Cl2N2O4/c1-4-15-36-24-14-11-20(16-25(24)35-3)27(28(34)31-22-12-9-19(2)10-13-22)32(26(33)17-29)18-21-7-5-6-8-23(21)30/h5-8,11,14,16,19,22,27H,4,9-10,12-13,15,17-18H2,1-3H3,(H,31,34). The Hall–Kier alpha value is -2.44. The first-order valence-corrected chi connectivity index (χ1v) is 13.5. The van der Waals surface area contributed by atoms with Gasteiger partial charge in [-0.15, -0.1) is 11.6 Å². The number of hydrogen-bond donors (Lipinski definition) is 1. The number of alkyl halides is 1. The molecule has 36 heavy (non-hydrogen) atoms. The predicted octanol–water partition coefficient (Wildman–Crippen LogP) is 6.14. The third-order valence-corrected chi connectivity index (χ3v) is 7.22. The van der Waals surface area contributed by atoms with Gasteiger partial charge < -0.3 is 19.7 Å². The van der Waals surface area contributed by atoms with Crippen molar-refractivity contribution in [1.29, 1.82) is 0 Å². The van der Waals surface area contributed by atoms with Crippen LogP contribution < -0.4 is 14.8 Å². The summed E-state index contributed by atoms with van der Waals surface area (Å²) in [5.74, 6) is 0.877. The molecular formula is C28H36Cl2N2O4. The summed E-state index contributed by atoms with van der Waals surface area (Å²) < 4.78 is 11.4. The first-order valence-electron chi connectivity index (χ1n) is 12.6. The van der Waals surface area contributed by atoms with Crippen LogP contribution in [0.1, 0.15) is 63.1 Å². The van der Waals surface area contributed by atoms with Crippen LogP contribution in [0.25, 0.3) is 0 Å². The zero-order valence-corrected chi connectivity index (χ0v) is 22.8. The molecule has 2 aromatic carbocycles. The molecule has 1 unspecified atom stereocenters. The number of nitrogens with one attached hydrogen (secondary N) is 1. The number of carbonyl (C=O) groups is 2. The maximum atomic E-state index is 13.8. The van der Waals surface area contributed by atoms with Crippen molar-refractivity contribution in [2.75, 3.05) is 19.6 Å². The lowest BCUT2D eigenvalue weighted by atomic mass is 9.87. The van der Waals surface area contributed by atoms with E-state index in [0.717, 1.165) is 37.7 Å². The smallest absolute Gasteiger partial charge is 0.247 e. The second-order valence-corrected chi connectivity index (χ2v) is 10.0. The van der Waals surface area contributed by atoms with Crippen molar-refractivity contribution in [1.82, 2.24) is 10.2 Å². The second-order valence-electron chi connectivity index (χ2n) is 9.37. The Morgan fingerprint density at radius 2 is 1.83 bits per heavy atom. The molecule has 0 saturated heterocycles. The summed E-state index contributed by atoms with van der Waals surface area (Å²) in [6.07, 6.45) is 4.82. The Morgan fingerprint density at radius 3 is 2.47 bits per heavy atom. The maximum Gasteiger partial charge on any atom is 0.247 e. The largest absolute Gasteiger partial charge is 0.493 e. The summed E-state index contributed by atoms with van der Waals surface area (Å²) in [6, 6.07) is 11.8. The molecule has 0 spiro atoms. The summed E-state index contributed by atoms with van der Waals surface area (Å²) in [7, 11) is 1.56. The topological polar surface area (TPSA) is 67.9 Å². The van der Waals surface area contributed by atoms with E-state index in [1.54, 1.807) is 25.3 Å². The van der Waals surface area contributed by atoms with Crippen LogP contribution in [-0.2, 0) is 16.1 Å². The number of rotatable bonds is 11. The van der Waals surface area contributed by atoms with Crippen LogP contribution in [0, 0.1) is 5.92 Å². The van der Waals surface area contributed by atoms with Gasteiger partial charge in [0.25, 0.3) is 0 Å². The van der Waals surface area contributed by atoms with Gasteiger partial charge in [0.05, 0.1) is 13.7 Å². The fraction of sp³-hybridized carbons (Fsp3) is 0.500. The van der Waals surface area contributed by atoms with Crippen LogP contribution in [0.2, 0.25) is 5.02 Å². The van der Waals surface area contributed by atoms with E-state index in [-0.39, 0.29) is 30.3 Å². The molecule has 8 heteroatoms. The van der Waals surface area contributed by atoms with Crippen LogP contribution in [-0.4, -0.2) is 42.4 Å². The highest BCUT2D eigenvalue weighted by molar-refractivity contribution is 6.31. The Balaban J connectivity index is 2.00. The van der Waals surface area contributed by atoms with E-state index in [9.17, 15) is 9.59 Å². The number of carbonyl (C=O) groups excluding carboxylic acids is 2. The zero-order valence-electron chi connectivity index (χ0n) is 21.3. The van der Waals surface area contributed by atoms with Gasteiger partial charge in [-0.1, -0.05) is 49.7 Å². The molecule has 1 aliphatic carbocycles. The Morgan fingerprint density at radius 1 is 1.11 bits per heavy atom. The minimum Gasteiger partial charge on any atom is -0.493 e. The monoisotopic (exact) mass is 534 g/mol. The lowest BCUT2D eigenvalue weighted by molar-refractivity contribution is -0.140. The molecule has 6 nitrogen and oxygen atoms in total. The van der Waals surface area contributed by atoms with E-state index < -0.39 is 6.04 Å². The molecule has 3 rings (SSSR count). The van der Waals surface area contributed by atoms with Crippen molar-refractivity contribution in [3.05, 3.63) is 58.6 Å². The van der Waals surface area contributed by atoms with E-state index in [1.165, 1.54) is 4.90 Å². The number of amides is 2. The van der Waals surface area contributed by atoms with E-state index in [1.807, 2.05) is 31.2 Å². The van der Waals surface area contributed by atoms with Gasteiger partial charge in [-0.2, -0.15) is 0 Å². The molecule has 196 valence electrons. The molecule has 0 aliphatic heterocycles. The Kier molecular flexibility index (Phi) is 10.7. The Labute approximate surface area is 224 Å². The van der Waals surface area contributed by atoms with Crippen molar-refractivity contribution in [2.24, 2.45) is 5.92 Å². The van der Waals surface area contributed by atoms with Gasteiger partial charge in [0, 0.05) is 17.6 Å². The van der Waals surface area contributed by atoms with Crippen molar-refractivity contribution >= 4 is 35.0 Å². The lowest BCUT2D eigenvalue weighted by Crippen LogP contribution is -2.47. The SMILES string of the molecule is CCCOc1ccc(C(C(=O)NC2CCC(C)CC2)N(Cc2ccccc2Cl)C(=O)CCl)cc1OC. The van der Waals surface area contributed by atoms with Crippen LogP contribution in [0.15, 0.2) is 42.5 Å². The van der Waals surface area contributed by atoms with Gasteiger partial charge in [-0.3, -0.25) is 9.59 Å². The van der Waals surface area contributed by atoms with E-state index in [4.69, 9.17) is 32.7 Å². The molecule has 0 aromatic heterocycles. The van der Waals surface area contributed by atoms with Crippen molar-refractivity contribution in [3.8, 4) is 11.5 Å². The van der Waals surface area contributed by atoms with Gasteiger partial charge in [-0.05, 0) is 67.3 Å². The average molecular weight is 536 g/mol. The molecule has 0 heterocycles. The van der Waals surface area contributed by atoms with Gasteiger partial charge >= 0.3 is 0 Å². The van der Waals surface area contributed by atoms with E-state index >= 15 is 0 Å². The quantitative estimate of drug-likeness (QED) is 0.351. The minimum absolute atomic E-state index is 0.0681. The van der Waals surface area contributed by atoms with E-state index in [2.05, 4.69) is 12.2 Å². The van der Waals surface area contributed by atoms with Gasteiger partial charge in [0.15, 0.2) is 11.5 Å². The van der Waals surface area contributed by atoms with Crippen LogP contribution >= 0.6 is 23.2 Å². The Bertz CT molecular complexity index is 1020. The van der Waals surface area contributed by atoms with Crippen molar-refractivity contribution in [2.45, 2.75) is 64.6 Å². The highest BCUT2D eigenvalue weighted by Crippen LogP contribution is 2.34. The van der Waals surface area contributed by atoms with Gasteiger partial charge in [0.2, 0.25) is 11.8 Å². The highest BCUT2D eigenvalue weighted by atomic mass is 35.5. The molecule has 1 fully saturated rings. The molecule has 0 bridgehead atoms. The molecule has 2 amide bonds. The highest BCUT2D eigenvalue weighted by Gasteiger charge is 2.34. The molecule has 2 aromatic rings. The molecular weight excluding hydrogens is 499 g/mol. The third-order valence-electron chi connectivity index (χ3n) is 6.62. The number of methoxy groups -OCH3 is 1. The molecule has 1 saturated carbocycles. The molecule has 1 aliphatic rings. The molecule has 1 atom stereocenters. The summed E-state index contributed by atoms with van der Waals surface area (Å²) in [4.78, 5) is 28.5. The number of nitrogens with zero attached hydrogens (tertiary/aromatic N) is 1. The second kappa shape index (κ2) is 13.8. The first kappa shape index (κ1) is 28.1. The summed E-state index contributed by atoms with van der Waals surface area (Å²) in [5, 5.41) is 3.72. The summed E-state index contributed by atoms with van der Waals surface area (Å²) in [5.41, 5.74) is 1.35. The number of benzene rings is 2. The number of halogens is 2. The predicted molar refractivity (Wildman–Crippen MR) is 144 cm³/mol.